The molecule has 7 nitrogen and oxygen atoms in total. The molecule has 168 valence electrons. The maximum Gasteiger partial charge on any atom is 0.309 e. The number of amides is 1. The van der Waals surface area contributed by atoms with E-state index in [9.17, 15) is 19.2 Å². The first-order valence-corrected chi connectivity index (χ1v) is 10.3. The zero-order valence-corrected chi connectivity index (χ0v) is 18.1. The van der Waals surface area contributed by atoms with E-state index in [-0.39, 0.29) is 37.1 Å². The molecule has 0 aliphatic carbocycles. The highest BCUT2D eigenvalue weighted by atomic mass is 16.5. The average Bonchev–Trinajstić information content (AvgIpc) is 2.84. The summed E-state index contributed by atoms with van der Waals surface area (Å²) in [5, 5.41) is 2.75. The predicted octanol–water partition coefficient (Wildman–Crippen LogP) is 4.34. The number of ketones is 2. The quantitative estimate of drug-likeness (QED) is 0.368. The molecule has 0 aliphatic rings. The topological polar surface area (TPSA) is 98.8 Å². The molecule has 0 bridgehead atoms. The summed E-state index contributed by atoms with van der Waals surface area (Å²) in [6.07, 6.45) is -0.0216. The number of esters is 1. The van der Waals surface area contributed by atoms with E-state index in [0.29, 0.717) is 28.1 Å². The fourth-order valence-corrected chi connectivity index (χ4v) is 2.87. The van der Waals surface area contributed by atoms with Crippen LogP contribution in [0.15, 0.2) is 78.9 Å². The first-order chi connectivity index (χ1) is 15.9. The summed E-state index contributed by atoms with van der Waals surface area (Å²) in [7, 11) is 0. The first kappa shape index (κ1) is 23.4. The molecular formula is C26H23NO6. The smallest absolute Gasteiger partial charge is 0.309 e. The van der Waals surface area contributed by atoms with Crippen molar-refractivity contribution >= 4 is 29.1 Å². The molecule has 0 aliphatic heterocycles. The van der Waals surface area contributed by atoms with Gasteiger partial charge in [-0.05, 0) is 67.6 Å². The predicted molar refractivity (Wildman–Crippen MR) is 123 cm³/mol. The van der Waals surface area contributed by atoms with Crippen LogP contribution < -0.4 is 10.1 Å². The van der Waals surface area contributed by atoms with Gasteiger partial charge < -0.3 is 14.8 Å². The number of hydrogen-bond donors (Lipinski definition) is 1. The Kier molecular flexibility index (Phi) is 8.07. The van der Waals surface area contributed by atoms with Crippen LogP contribution in [0.4, 0.5) is 5.69 Å². The molecule has 0 saturated heterocycles. The normalized spacial score (nSPS) is 10.2. The molecule has 0 atom stereocenters. The number of benzene rings is 3. The number of carbonyl (C=O) groups is 4. The second kappa shape index (κ2) is 11.4. The summed E-state index contributed by atoms with van der Waals surface area (Å²) < 4.78 is 10.5. The van der Waals surface area contributed by atoms with Gasteiger partial charge in [0, 0.05) is 22.4 Å². The standard InChI is InChI=1S/C26H23NO6/c1-18(28)19-9-13-23(14-10-19)32-16-15-25(30)33-17-24(29)20-7-11-22(12-8-20)27-26(31)21-5-3-2-4-6-21/h2-14H,15-17H2,1H3,(H,27,31). The number of ether oxygens (including phenoxy) is 2. The minimum absolute atomic E-state index is 0.0216. The second-order valence-electron chi connectivity index (χ2n) is 7.16. The molecule has 3 aromatic rings. The summed E-state index contributed by atoms with van der Waals surface area (Å²) in [6, 6.07) is 21.7. The van der Waals surface area contributed by atoms with Crippen molar-refractivity contribution in [3.05, 3.63) is 95.6 Å². The summed E-state index contributed by atoms with van der Waals surface area (Å²) in [5.41, 5.74) is 2.02. The lowest BCUT2D eigenvalue weighted by Crippen LogP contribution is -2.16. The Balaban J connectivity index is 1.40. The van der Waals surface area contributed by atoms with E-state index < -0.39 is 5.97 Å². The molecule has 0 unspecified atom stereocenters. The minimum atomic E-state index is -0.560. The molecule has 3 rings (SSSR count). The van der Waals surface area contributed by atoms with E-state index in [2.05, 4.69) is 5.32 Å². The van der Waals surface area contributed by atoms with Gasteiger partial charge in [-0.1, -0.05) is 18.2 Å². The van der Waals surface area contributed by atoms with E-state index in [1.165, 1.54) is 6.92 Å². The molecule has 7 heteroatoms. The van der Waals surface area contributed by atoms with Crippen molar-refractivity contribution in [3.63, 3.8) is 0 Å². The summed E-state index contributed by atoms with van der Waals surface area (Å²) in [6.45, 7) is 1.18. The van der Waals surface area contributed by atoms with E-state index >= 15 is 0 Å². The van der Waals surface area contributed by atoms with Crippen molar-refractivity contribution in [2.75, 3.05) is 18.5 Å². The maximum atomic E-state index is 12.3. The fourth-order valence-electron chi connectivity index (χ4n) is 2.87. The zero-order valence-electron chi connectivity index (χ0n) is 18.1. The lowest BCUT2D eigenvalue weighted by molar-refractivity contribution is -0.143. The highest BCUT2D eigenvalue weighted by Gasteiger charge is 2.11. The van der Waals surface area contributed by atoms with Crippen LogP contribution in [-0.2, 0) is 9.53 Å². The SMILES string of the molecule is CC(=O)c1ccc(OCCC(=O)OCC(=O)c2ccc(NC(=O)c3ccccc3)cc2)cc1. The second-order valence-corrected chi connectivity index (χ2v) is 7.16. The Hall–Kier alpha value is -4.26. The Morgan fingerprint density at radius 3 is 2.03 bits per heavy atom. The Labute approximate surface area is 191 Å². The number of Topliss-reactive ketones (excluding diaryl/α,β-unsaturated/α-hetero) is 2. The molecule has 1 amide bonds. The van der Waals surface area contributed by atoms with Crippen LogP contribution in [0.5, 0.6) is 5.75 Å². The van der Waals surface area contributed by atoms with Crippen molar-refractivity contribution in [3.8, 4) is 5.75 Å². The van der Waals surface area contributed by atoms with Gasteiger partial charge in [-0.25, -0.2) is 0 Å². The van der Waals surface area contributed by atoms with Gasteiger partial charge in [-0.2, -0.15) is 0 Å². The van der Waals surface area contributed by atoms with Crippen LogP contribution in [0.25, 0.3) is 0 Å². The number of carbonyl (C=O) groups excluding carboxylic acids is 4. The summed E-state index contributed by atoms with van der Waals surface area (Å²) >= 11 is 0. The number of nitrogens with one attached hydrogen (secondary N) is 1. The molecule has 0 radical (unpaired) electrons. The van der Waals surface area contributed by atoms with Crippen molar-refractivity contribution in [1.82, 2.24) is 0 Å². The van der Waals surface area contributed by atoms with Gasteiger partial charge in [0.1, 0.15) is 5.75 Å². The molecule has 0 heterocycles. The van der Waals surface area contributed by atoms with Crippen LogP contribution >= 0.6 is 0 Å². The van der Waals surface area contributed by atoms with Gasteiger partial charge in [0.15, 0.2) is 18.2 Å². The van der Waals surface area contributed by atoms with Gasteiger partial charge in [0.25, 0.3) is 5.91 Å². The van der Waals surface area contributed by atoms with Crippen molar-refractivity contribution < 1.29 is 28.7 Å². The molecule has 0 spiro atoms. The largest absolute Gasteiger partial charge is 0.493 e. The van der Waals surface area contributed by atoms with Crippen LogP contribution in [0.2, 0.25) is 0 Å². The summed E-state index contributed by atoms with van der Waals surface area (Å²) in [5.74, 6) is -0.675. The van der Waals surface area contributed by atoms with E-state index in [1.807, 2.05) is 6.07 Å². The van der Waals surface area contributed by atoms with Gasteiger partial charge in [-0.3, -0.25) is 19.2 Å². The molecule has 1 N–H and O–H groups in total. The number of rotatable bonds is 10. The van der Waals surface area contributed by atoms with Crippen molar-refractivity contribution in [1.29, 1.82) is 0 Å². The zero-order chi connectivity index (χ0) is 23.6. The van der Waals surface area contributed by atoms with Gasteiger partial charge in [-0.15, -0.1) is 0 Å². The van der Waals surface area contributed by atoms with Gasteiger partial charge in [0.05, 0.1) is 13.0 Å². The lowest BCUT2D eigenvalue weighted by Gasteiger charge is -2.08. The van der Waals surface area contributed by atoms with Gasteiger partial charge >= 0.3 is 5.97 Å². The third-order valence-corrected chi connectivity index (χ3v) is 4.70. The molecule has 3 aromatic carbocycles. The molecule has 0 fully saturated rings. The third kappa shape index (κ3) is 7.14. The maximum absolute atomic E-state index is 12.3. The van der Waals surface area contributed by atoms with Crippen LogP contribution in [0.1, 0.15) is 44.4 Å². The van der Waals surface area contributed by atoms with Crippen molar-refractivity contribution in [2.45, 2.75) is 13.3 Å². The van der Waals surface area contributed by atoms with Crippen LogP contribution in [-0.4, -0.2) is 36.7 Å². The molecule has 0 aromatic heterocycles. The number of hydrogen-bond acceptors (Lipinski definition) is 6. The average molecular weight is 445 g/mol. The number of anilines is 1. The van der Waals surface area contributed by atoms with Gasteiger partial charge in [0.2, 0.25) is 0 Å². The third-order valence-electron chi connectivity index (χ3n) is 4.70. The molecule has 0 saturated carbocycles. The van der Waals surface area contributed by atoms with E-state index in [4.69, 9.17) is 9.47 Å². The minimum Gasteiger partial charge on any atom is -0.493 e. The lowest BCUT2D eigenvalue weighted by atomic mass is 10.1. The van der Waals surface area contributed by atoms with E-state index in [1.54, 1.807) is 72.8 Å². The summed E-state index contributed by atoms with van der Waals surface area (Å²) in [4.78, 5) is 47.6. The van der Waals surface area contributed by atoms with E-state index in [0.717, 1.165) is 0 Å². The molecule has 33 heavy (non-hydrogen) atoms. The highest BCUT2D eigenvalue weighted by molar-refractivity contribution is 6.04. The molecular weight excluding hydrogens is 422 g/mol. The first-order valence-electron chi connectivity index (χ1n) is 10.3. The Morgan fingerprint density at radius 2 is 1.39 bits per heavy atom. The van der Waals surface area contributed by atoms with Crippen LogP contribution in [0, 0.1) is 0 Å². The monoisotopic (exact) mass is 445 g/mol. The van der Waals surface area contributed by atoms with Crippen molar-refractivity contribution in [2.24, 2.45) is 0 Å². The highest BCUT2D eigenvalue weighted by Crippen LogP contribution is 2.14. The Bertz CT molecular complexity index is 1120. The van der Waals surface area contributed by atoms with Crippen LogP contribution in [0.3, 0.4) is 0 Å². The fraction of sp³-hybridized carbons (Fsp3) is 0.154. The Morgan fingerprint density at radius 1 is 0.758 bits per heavy atom.